The van der Waals surface area contributed by atoms with Gasteiger partial charge >= 0.3 is 0 Å². The first-order valence-corrected chi connectivity index (χ1v) is 6.67. The SMILES string of the molecule is Cc1cc(C(=O)CCl)c(C)n1-c1cccc(C(N)=O)c1. The van der Waals surface area contributed by atoms with Gasteiger partial charge in [-0.1, -0.05) is 6.07 Å². The fourth-order valence-corrected chi connectivity index (χ4v) is 2.46. The number of aryl methyl sites for hydroxylation is 1. The molecule has 1 amide bonds. The standard InChI is InChI=1S/C15H15ClN2O2/c1-9-6-13(14(19)8-16)10(2)18(9)12-5-3-4-11(7-12)15(17)20/h3-7H,8H2,1-2H3,(H2,17,20). The summed E-state index contributed by atoms with van der Waals surface area (Å²) in [6.45, 7) is 3.75. The molecule has 1 aromatic carbocycles. The van der Waals surface area contributed by atoms with Gasteiger partial charge in [-0.3, -0.25) is 9.59 Å². The molecule has 0 saturated carbocycles. The molecule has 1 heterocycles. The smallest absolute Gasteiger partial charge is 0.248 e. The predicted octanol–water partition coefficient (Wildman–Crippen LogP) is 2.61. The van der Waals surface area contributed by atoms with E-state index >= 15 is 0 Å². The van der Waals surface area contributed by atoms with Gasteiger partial charge in [0.2, 0.25) is 5.91 Å². The van der Waals surface area contributed by atoms with Crippen LogP contribution in [0.3, 0.4) is 0 Å². The molecule has 0 radical (unpaired) electrons. The van der Waals surface area contributed by atoms with Crippen LogP contribution < -0.4 is 5.73 Å². The third-order valence-corrected chi connectivity index (χ3v) is 3.48. The van der Waals surface area contributed by atoms with Crippen molar-refractivity contribution in [1.82, 2.24) is 4.57 Å². The summed E-state index contributed by atoms with van der Waals surface area (Å²) >= 11 is 5.61. The molecule has 2 N–H and O–H groups in total. The van der Waals surface area contributed by atoms with Gasteiger partial charge in [0.1, 0.15) is 0 Å². The van der Waals surface area contributed by atoms with E-state index in [0.717, 1.165) is 17.1 Å². The maximum Gasteiger partial charge on any atom is 0.248 e. The summed E-state index contributed by atoms with van der Waals surface area (Å²) in [5.74, 6) is -0.644. The average molecular weight is 291 g/mol. The van der Waals surface area contributed by atoms with E-state index in [-0.39, 0.29) is 11.7 Å². The average Bonchev–Trinajstić information content (AvgIpc) is 2.73. The molecule has 0 aliphatic rings. The lowest BCUT2D eigenvalue weighted by atomic mass is 10.1. The van der Waals surface area contributed by atoms with Crippen LogP contribution in [0.5, 0.6) is 0 Å². The second kappa shape index (κ2) is 5.51. The Hall–Kier alpha value is -2.07. The number of carbonyl (C=O) groups excluding carboxylic acids is 2. The first-order valence-electron chi connectivity index (χ1n) is 6.14. The molecule has 2 rings (SSSR count). The Bertz CT molecular complexity index is 689. The van der Waals surface area contributed by atoms with Crippen LogP contribution in [0.15, 0.2) is 30.3 Å². The van der Waals surface area contributed by atoms with Crippen LogP contribution in [0, 0.1) is 13.8 Å². The molecule has 0 aliphatic heterocycles. The summed E-state index contributed by atoms with van der Waals surface area (Å²) in [4.78, 5) is 23.0. The molecule has 0 aliphatic carbocycles. The highest BCUT2D eigenvalue weighted by Crippen LogP contribution is 2.22. The molecular weight excluding hydrogens is 276 g/mol. The Kier molecular flexibility index (Phi) is 3.95. The number of primary amides is 1. The summed E-state index contributed by atoms with van der Waals surface area (Å²) in [5.41, 5.74) is 8.82. The quantitative estimate of drug-likeness (QED) is 0.695. The number of nitrogens with two attached hydrogens (primary N) is 1. The van der Waals surface area contributed by atoms with Gasteiger partial charge in [-0.2, -0.15) is 0 Å². The lowest BCUT2D eigenvalue weighted by Gasteiger charge is -2.10. The van der Waals surface area contributed by atoms with Gasteiger partial charge in [0.05, 0.1) is 5.88 Å². The predicted molar refractivity (Wildman–Crippen MR) is 78.8 cm³/mol. The van der Waals surface area contributed by atoms with E-state index in [1.165, 1.54) is 0 Å². The topological polar surface area (TPSA) is 65.1 Å². The monoisotopic (exact) mass is 290 g/mol. The zero-order valence-electron chi connectivity index (χ0n) is 11.3. The number of alkyl halides is 1. The molecule has 0 fully saturated rings. The Balaban J connectivity index is 2.58. The summed E-state index contributed by atoms with van der Waals surface area (Å²) < 4.78 is 1.91. The largest absolute Gasteiger partial charge is 0.366 e. The number of ketones is 1. The number of Topliss-reactive ketones (excluding diaryl/α,β-unsaturated/α-hetero) is 1. The molecule has 2 aromatic rings. The molecule has 4 nitrogen and oxygen atoms in total. The fourth-order valence-electron chi connectivity index (χ4n) is 2.31. The minimum Gasteiger partial charge on any atom is -0.366 e. The highest BCUT2D eigenvalue weighted by Gasteiger charge is 2.16. The number of halogens is 1. The maximum absolute atomic E-state index is 11.8. The maximum atomic E-state index is 11.8. The number of carbonyl (C=O) groups is 2. The third kappa shape index (κ3) is 2.47. The van der Waals surface area contributed by atoms with Gasteiger partial charge in [-0.25, -0.2) is 0 Å². The fraction of sp³-hybridized carbons (Fsp3) is 0.200. The Morgan fingerprint density at radius 1 is 1.25 bits per heavy atom. The molecule has 0 unspecified atom stereocenters. The van der Waals surface area contributed by atoms with Crippen LogP contribution in [0.4, 0.5) is 0 Å². The third-order valence-electron chi connectivity index (χ3n) is 3.24. The summed E-state index contributed by atoms with van der Waals surface area (Å²) in [7, 11) is 0. The van der Waals surface area contributed by atoms with Gasteiger partial charge in [-0.05, 0) is 38.1 Å². The van der Waals surface area contributed by atoms with E-state index in [0.29, 0.717) is 11.1 Å². The molecular formula is C15H15ClN2O2. The molecule has 0 saturated heterocycles. The Labute approximate surface area is 122 Å². The normalized spacial score (nSPS) is 10.6. The van der Waals surface area contributed by atoms with Crippen molar-refractivity contribution in [1.29, 1.82) is 0 Å². The Morgan fingerprint density at radius 2 is 1.95 bits per heavy atom. The van der Waals surface area contributed by atoms with Crippen molar-refractivity contribution in [2.45, 2.75) is 13.8 Å². The van der Waals surface area contributed by atoms with E-state index in [4.69, 9.17) is 17.3 Å². The summed E-state index contributed by atoms with van der Waals surface area (Å²) in [5, 5.41) is 0. The molecule has 20 heavy (non-hydrogen) atoms. The van der Waals surface area contributed by atoms with Crippen molar-refractivity contribution in [3.63, 3.8) is 0 Å². The van der Waals surface area contributed by atoms with Crippen LogP contribution in [0.25, 0.3) is 5.69 Å². The summed E-state index contributed by atoms with van der Waals surface area (Å²) in [6.07, 6.45) is 0. The molecule has 0 atom stereocenters. The minimum absolute atomic E-state index is 0.0500. The van der Waals surface area contributed by atoms with Crippen molar-refractivity contribution in [3.8, 4) is 5.69 Å². The summed E-state index contributed by atoms with van der Waals surface area (Å²) in [6, 6.07) is 8.79. The highest BCUT2D eigenvalue weighted by atomic mass is 35.5. The zero-order chi connectivity index (χ0) is 14.9. The van der Waals surface area contributed by atoms with Crippen LogP contribution in [-0.2, 0) is 0 Å². The van der Waals surface area contributed by atoms with Crippen molar-refractivity contribution >= 4 is 23.3 Å². The Morgan fingerprint density at radius 3 is 2.55 bits per heavy atom. The van der Waals surface area contributed by atoms with Crippen LogP contribution in [-0.4, -0.2) is 22.1 Å². The number of nitrogens with zero attached hydrogens (tertiary/aromatic N) is 1. The van der Waals surface area contributed by atoms with Gasteiger partial charge in [0, 0.05) is 28.2 Å². The second-order valence-electron chi connectivity index (χ2n) is 4.59. The van der Waals surface area contributed by atoms with E-state index < -0.39 is 5.91 Å². The minimum atomic E-state index is -0.480. The number of hydrogen-bond donors (Lipinski definition) is 1. The number of amides is 1. The number of benzene rings is 1. The molecule has 0 bridgehead atoms. The van der Waals surface area contributed by atoms with Crippen molar-refractivity contribution in [2.75, 3.05) is 5.88 Å². The van der Waals surface area contributed by atoms with Crippen molar-refractivity contribution < 1.29 is 9.59 Å². The van der Waals surface area contributed by atoms with Gasteiger partial charge in [-0.15, -0.1) is 11.6 Å². The first-order chi connectivity index (χ1) is 9.45. The van der Waals surface area contributed by atoms with Gasteiger partial charge in [0.25, 0.3) is 0 Å². The van der Waals surface area contributed by atoms with E-state index in [9.17, 15) is 9.59 Å². The lowest BCUT2D eigenvalue weighted by Crippen LogP contribution is -2.11. The molecule has 1 aromatic heterocycles. The van der Waals surface area contributed by atoms with Crippen molar-refractivity contribution in [3.05, 3.63) is 52.8 Å². The molecule has 104 valence electrons. The van der Waals surface area contributed by atoms with Gasteiger partial charge < -0.3 is 10.3 Å². The van der Waals surface area contributed by atoms with Gasteiger partial charge in [0.15, 0.2) is 5.78 Å². The number of aromatic nitrogens is 1. The van der Waals surface area contributed by atoms with E-state index in [2.05, 4.69) is 0 Å². The molecule has 5 heteroatoms. The van der Waals surface area contributed by atoms with E-state index in [1.54, 1.807) is 24.3 Å². The number of hydrogen-bond acceptors (Lipinski definition) is 2. The number of rotatable bonds is 4. The zero-order valence-corrected chi connectivity index (χ0v) is 12.1. The molecule has 0 spiro atoms. The highest BCUT2D eigenvalue weighted by molar-refractivity contribution is 6.30. The van der Waals surface area contributed by atoms with Crippen molar-refractivity contribution in [2.24, 2.45) is 5.73 Å². The van der Waals surface area contributed by atoms with E-state index in [1.807, 2.05) is 24.5 Å². The second-order valence-corrected chi connectivity index (χ2v) is 4.86. The van der Waals surface area contributed by atoms with Crippen LogP contribution in [0.1, 0.15) is 32.1 Å². The lowest BCUT2D eigenvalue weighted by molar-refractivity contribution is 0.0996. The van der Waals surface area contributed by atoms with Crippen LogP contribution in [0.2, 0.25) is 0 Å². The first kappa shape index (κ1) is 14.3. The van der Waals surface area contributed by atoms with Crippen LogP contribution >= 0.6 is 11.6 Å².